The van der Waals surface area contributed by atoms with Gasteiger partial charge in [-0.05, 0) is 11.6 Å². The first kappa shape index (κ1) is 14.6. The van der Waals surface area contributed by atoms with Crippen molar-refractivity contribution in [3.05, 3.63) is 71.3 Å². The van der Waals surface area contributed by atoms with Crippen molar-refractivity contribution in [2.24, 2.45) is 5.73 Å². The smallest absolute Gasteiger partial charge is 0.323 e. The molecule has 0 radical (unpaired) electrons. The van der Waals surface area contributed by atoms with Gasteiger partial charge in [-0.1, -0.05) is 48.5 Å². The third kappa shape index (κ3) is 3.21. The Bertz CT molecular complexity index is 666. The molecule has 20 heavy (non-hydrogen) atoms. The summed E-state index contributed by atoms with van der Waals surface area (Å²) in [6.07, 6.45) is 0. The largest absolute Gasteiger partial charge is 0.346 e. The molecule has 0 aliphatic rings. The zero-order chi connectivity index (χ0) is 14.8. The van der Waals surface area contributed by atoms with Gasteiger partial charge in [-0.3, -0.25) is 9.36 Å². The fourth-order valence-electron chi connectivity index (χ4n) is 1.81. The Balaban J connectivity index is 2.36. The van der Waals surface area contributed by atoms with E-state index in [1.165, 1.54) is 12.1 Å². The molecule has 2 aromatic carbocycles. The zero-order valence-electron chi connectivity index (χ0n) is 10.5. The Hall–Kier alpha value is -1.78. The summed E-state index contributed by atoms with van der Waals surface area (Å²) in [5.41, 5.74) is 6.60. The van der Waals surface area contributed by atoms with Crippen molar-refractivity contribution in [1.82, 2.24) is 0 Å². The lowest BCUT2D eigenvalue weighted by Crippen LogP contribution is -2.11. The molecule has 0 unspecified atom stereocenters. The maximum atomic E-state index is 12.2. The molecule has 0 spiro atoms. The monoisotopic (exact) mass is 291 g/mol. The molecule has 0 fully saturated rings. The highest BCUT2D eigenvalue weighted by molar-refractivity contribution is 7.52. The number of hydrogen-bond donors (Lipinski definition) is 3. The molecule has 2 rings (SSSR count). The molecular weight excluding hydrogens is 277 g/mol. The number of hydrogen-bond acceptors (Lipinski definition) is 3. The van der Waals surface area contributed by atoms with Crippen molar-refractivity contribution in [3.8, 4) is 0 Å². The van der Waals surface area contributed by atoms with Gasteiger partial charge in [0.2, 0.25) is 0 Å². The summed E-state index contributed by atoms with van der Waals surface area (Å²) in [4.78, 5) is 30.4. The van der Waals surface area contributed by atoms with Crippen LogP contribution in [0.2, 0.25) is 0 Å². The summed E-state index contributed by atoms with van der Waals surface area (Å²) in [7, 11) is -4.43. The number of carbonyl (C=O) groups is 1. The van der Waals surface area contributed by atoms with Crippen molar-refractivity contribution in [1.29, 1.82) is 0 Å². The standard InChI is InChI=1S/C14H14NO4P/c15-14(20(17,18)19)12-8-4-7-11(9-12)13(16)10-5-2-1-3-6-10/h1-9,14H,15H2,(H2,17,18,19)/t14-/m1/s1. The first-order valence-electron chi connectivity index (χ1n) is 5.90. The van der Waals surface area contributed by atoms with Gasteiger partial charge in [-0.25, -0.2) is 0 Å². The zero-order valence-corrected chi connectivity index (χ0v) is 11.4. The van der Waals surface area contributed by atoms with Crippen molar-refractivity contribution < 1.29 is 19.1 Å². The molecule has 0 saturated carbocycles. The second-order valence-corrected chi connectivity index (χ2v) is 6.09. The minimum Gasteiger partial charge on any atom is -0.323 e. The summed E-state index contributed by atoms with van der Waals surface area (Å²) in [6, 6.07) is 14.7. The number of carbonyl (C=O) groups excluding carboxylic acids is 1. The van der Waals surface area contributed by atoms with Gasteiger partial charge in [0.1, 0.15) is 5.78 Å². The highest BCUT2D eigenvalue weighted by Crippen LogP contribution is 2.48. The third-order valence-electron chi connectivity index (χ3n) is 2.89. The molecule has 0 amide bonds. The molecule has 0 aliphatic carbocycles. The van der Waals surface area contributed by atoms with Crippen molar-refractivity contribution >= 4 is 13.4 Å². The molecule has 6 heteroatoms. The van der Waals surface area contributed by atoms with Crippen LogP contribution in [0, 0.1) is 0 Å². The summed E-state index contributed by atoms with van der Waals surface area (Å²) < 4.78 is 11.2. The quantitative estimate of drug-likeness (QED) is 0.591. The predicted molar refractivity (Wildman–Crippen MR) is 75.3 cm³/mol. The molecule has 4 N–H and O–H groups in total. The molecule has 1 atom stereocenters. The van der Waals surface area contributed by atoms with Crippen LogP contribution in [0.4, 0.5) is 0 Å². The maximum absolute atomic E-state index is 12.2. The van der Waals surface area contributed by atoms with E-state index in [0.717, 1.165) is 0 Å². The van der Waals surface area contributed by atoms with Crippen molar-refractivity contribution in [2.75, 3.05) is 0 Å². The Morgan fingerprint density at radius 1 is 1.00 bits per heavy atom. The van der Waals surface area contributed by atoms with Crippen LogP contribution in [0.5, 0.6) is 0 Å². The van der Waals surface area contributed by atoms with E-state index in [9.17, 15) is 9.36 Å². The van der Waals surface area contributed by atoms with Crippen LogP contribution < -0.4 is 5.73 Å². The average Bonchev–Trinajstić information content (AvgIpc) is 2.46. The van der Waals surface area contributed by atoms with Gasteiger partial charge in [-0.2, -0.15) is 0 Å². The van der Waals surface area contributed by atoms with E-state index in [1.54, 1.807) is 42.5 Å². The summed E-state index contributed by atoms with van der Waals surface area (Å²) >= 11 is 0. The normalized spacial score (nSPS) is 12.9. The molecule has 0 aromatic heterocycles. The second-order valence-electron chi connectivity index (χ2n) is 4.35. The van der Waals surface area contributed by atoms with E-state index in [4.69, 9.17) is 15.5 Å². The highest BCUT2D eigenvalue weighted by atomic mass is 31.2. The van der Waals surface area contributed by atoms with E-state index < -0.39 is 13.4 Å². The van der Waals surface area contributed by atoms with E-state index in [1.807, 2.05) is 0 Å². The van der Waals surface area contributed by atoms with Crippen LogP contribution in [0.15, 0.2) is 54.6 Å². The fourth-order valence-corrected chi connectivity index (χ4v) is 2.36. The van der Waals surface area contributed by atoms with Gasteiger partial charge in [0.05, 0.1) is 0 Å². The summed E-state index contributed by atoms with van der Waals surface area (Å²) in [5, 5.41) is 0. The van der Waals surface area contributed by atoms with E-state index >= 15 is 0 Å². The fraction of sp³-hybridized carbons (Fsp3) is 0.0714. The first-order chi connectivity index (χ1) is 9.39. The minimum absolute atomic E-state index is 0.217. The number of ketones is 1. The van der Waals surface area contributed by atoms with Crippen LogP contribution in [0.25, 0.3) is 0 Å². The van der Waals surface area contributed by atoms with Crippen LogP contribution in [-0.2, 0) is 4.57 Å². The third-order valence-corrected chi connectivity index (χ3v) is 3.91. The van der Waals surface area contributed by atoms with Gasteiger partial charge in [0.25, 0.3) is 0 Å². The molecule has 2 aromatic rings. The Labute approximate surface area is 116 Å². The molecule has 5 nitrogen and oxygen atoms in total. The lowest BCUT2D eigenvalue weighted by Gasteiger charge is -2.14. The van der Waals surface area contributed by atoms with Gasteiger partial charge in [-0.15, -0.1) is 0 Å². The van der Waals surface area contributed by atoms with Gasteiger partial charge in [0, 0.05) is 11.1 Å². The van der Waals surface area contributed by atoms with E-state index in [-0.39, 0.29) is 11.3 Å². The summed E-state index contributed by atoms with van der Waals surface area (Å²) in [5.74, 6) is -1.64. The Morgan fingerprint density at radius 3 is 2.20 bits per heavy atom. The molecular formula is C14H14NO4P. The van der Waals surface area contributed by atoms with Crippen LogP contribution >= 0.6 is 7.60 Å². The second kappa shape index (κ2) is 5.69. The van der Waals surface area contributed by atoms with E-state index in [0.29, 0.717) is 11.1 Å². The minimum atomic E-state index is -4.43. The lowest BCUT2D eigenvalue weighted by molar-refractivity contribution is 0.103. The number of rotatable bonds is 4. The maximum Gasteiger partial charge on any atom is 0.346 e. The van der Waals surface area contributed by atoms with Gasteiger partial charge in [0.15, 0.2) is 5.78 Å². The Morgan fingerprint density at radius 2 is 1.60 bits per heavy atom. The topological polar surface area (TPSA) is 101 Å². The lowest BCUT2D eigenvalue weighted by atomic mass is 10.0. The average molecular weight is 291 g/mol. The SMILES string of the molecule is N[C@@H](c1cccc(C(=O)c2ccccc2)c1)P(=O)(O)O. The van der Waals surface area contributed by atoms with Crippen LogP contribution in [0.3, 0.4) is 0 Å². The van der Waals surface area contributed by atoms with Gasteiger partial charge >= 0.3 is 7.60 Å². The predicted octanol–water partition coefficient (Wildman–Crippen LogP) is 2.05. The molecule has 0 aliphatic heterocycles. The first-order valence-corrected chi connectivity index (χ1v) is 7.58. The number of benzene rings is 2. The van der Waals surface area contributed by atoms with Crippen molar-refractivity contribution in [2.45, 2.75) is 5.78 Å². The molecule has 0 bridgehead atoms. The summed E-state index contributed by atoms with van der Waals surface area (Å²) in [6.45, 7) is 0. The van der Waals surface area contributed by atoms with E-state index in [2.05, 4.69) is 0 Å². The van der Waals surface area contributed by atoms with Gasteiger partial charge < -0.3 is 15.5 Å². The Kier molecular flexibility index (Phi) is 4.16. The van der Waals surface area contributed by atoms with Crippen molar-refractivity contribution in [3.63, 3.8) is 0 Å². The highest BCUT2D eigenvalue weighted by Gasteiger charge is 2.26. The molecule has 0 saturated heterocycles. The molecule has 0 heterocycles. The van der Waals surface area contributed by atoms with Crippen LogP contribution in [0.1, 0.15) is 27.3 Å². The van der Waals surface area contributed by atoms with Crippen LogP contribution in [-0.4, -0.2) is 15.6 Å². The molecule has 104 valence electrons. The number of nitrogens with two attached hydrogens (primary N) is 1.